The van der Waals surface area contributed by atoms with E-state index in [0.717, 1.165) is 16.9 Å². The second kappa shape index (κ2) is 2.48. The van der Waals surface area contributed by atoms with E-state index in [1.807, 2.05) is 29.8 Å². The highest BCUT2D eigenvalue weighted by Crippen LogP contribution is 2.14. The number of aromatic nitrogens is 2. The van der Waals surface area contributed by atoms with Crippen molar-refractivity contribution in [2.24, 2.45) is 7.05 Å². The maximum Gasteiger partial charge on any atom is 0.132 e. The number of hydrogen-bond donors (Lipinski definition) is 0. The average Bonchev–Trinajstić information content (AvgIpc) is 2.44. The molecule has 60 valence electrons. The van der Waals surface area contributed by atoms with Crippen LogP contribution in [0.25, 0.3) is 17.1 Å². The molecule has 0 saturated carbocycles. The first-order chi connectivity index (χ1) is 5.83. The predicted octanol–water partition coefficient (Wildman–Crippen LogP) is 2.22. The predicted molar refractivity (Wildman–Crippen MR) is 50.8 cm³/mol. The minimum atomic E-state index is 0.913. The Bertz CT molecular complexity index is 426. The van der Waals surface area contributed by atoms with Crippen LogP contribution in [0.4, 0.5) is 0 Å². The average molecular weight is 158 g/mol. The molecule has 1 heterocycles. The molecule has 1 aromatic carbocycles. The summed E-state index contributed by atoms with van der Waals surface area (Å²) in [6, 6.07) is 8.05. The number of benzene rings is 1. The van der Waals surface area contributed by atoms with E-state index in [0.29, 0.717) is 0 Å². The minimum Gasteiger partial charge on any atom is -0.328 e. The van der Waals surface area contributed by atoms with Crippen molar-refractivity contribution in [1.29, 1.82) is 0 Å². The lowest BCUT2D eigenvalue weighted by molar-refractivity contribution is 0.930. The first kappa shape index (κ1) is 7.10. The van der Waals surface area contributed by atoms with Crippen LogP contribution in [0.2, 0.25) is 0 Å². The van der Waals surface area contributed by atoms with E-state index < -0.39 is 0 Å². The van der Waals surface area contributed by atoms with E-state index in [4.69, 9.17) is 0 Å². The summed E-state index contributed by atoms with van der Waals surface area (Å²) < 4.78 is 2.03. The zero-order valence-electron chi connectivity index (χ0n) is 6.99. The van der Waals surface area contributed by atoms with E-state index >= 15 is 0 Å². The molecule has 0 aliphatic carbocycles. The molecule has 2 heteroatoms. The highest BCUT2D eigenvalue weighted by Gasteiger charge is 2.01. The van der Waals surface area contributed by atoms with Gasteiger partial charge in [0.25, 0.3) is 0 Å². The number of hydrogen-bond acceptors (Lipinski definition) is 1. The van der Waals surface area contributed by atoms with Gasteiger partial charge in [-0.2, -0.15) is 0 Å². The largest absolute Gasteiger partial charge is 0.328 e. The van der Waals surface area contributed by atoms with Gasteiger partial charge >= 0.3 is 0 Å². The summed E-state index contributed by atoms with van der Waals surface area (Å²) in [6.07, 6.45) is 1.76. The Labute approximate surface area is 71.2 Å². The van der Waals surface area contributed by atoms with Gasteiger partial charge in [-0.25, -0.2) is 4.98 Å². The van der Waals surface area contributed by atoms with Crippen LogP contribution < -0.4 is 0 Å². The number of nitrogens with zero attached hydrogens (tertiary/aromatic N) is 2. The van der Waals surface area contributed by atoms with Gasteiger partial charge in [-0.15, -0.1) is 0 Å². The summed E-state index contributed by atoms with van der Waals surface area (Å²) in [6.45, 7) is 3.70. The number of rotatable bonds is 1. The van der Waals surface area contributed by atoms with Crippen molar-refractivity contribution in [3.63, 3.8) is 0 Å². The second-order valence-electron chi connectivity index (χ2n) is 2.72. The zero-order chi connectivity index (χ0) is 8.55. The van der Waals surface area contributed by atoms with Gasteiger partial charge < -0.3 is 4.57 Å². The van der Waals surface area contributed by atoms with E-state index in [9.17, 15) is 0 Å². The van der Waals surface area contributed by atoms with Crippen molar-refractivity contribution in [2.45, 2.75) is 0 Å². The Balaban J connectivity index is 2.87. The van der Waals surface area contributed by atoms with Gasteiger partial charge in [0.1, 0.15) is 5.82 Å². The summed E-state index contributed by atoms with van der Waals surface area (Å²) in [4.78, 5) is 4.38. The molecule has 2 nitrogen and oxygen atoms in total. The molecular formula is C10H10N2. The third-order valence-electron chi connectivity index (χ3n) is 2.00. The van der Waals surface area contributed by atoms with Gasteiger partial charge in [-0.3, -0.25) is 0 Å². The summed E-state index contributed by atoms with van der Waals surface area (Å²) in [5.41, 5.74) is 2.17. The lowest BCUT2D eigenvalue weighted by atomic mass is 10.3. The maximum absolute atomic E-state index is 4.38. The Kier molecular flexibility index (Phi) is 1.47. The molecule has 0 bridgehead atoms. The first-order valence-electron chi connectivity index (χ1n) is 3.87. The van der Waals surface area contributed by atoms with Crippen LogP contribution >= 0.6 is 0 Å². The molecular weight excluding hydrogens is 148 g/mol. The van der Waals surface area contributed by atoms with Crippen molar-refractivity contribution in [2.75, 3.05) is 0 Å². The van der Waals surface area contributed by atoms with Crippen molar-refractivity contribution in [3.8, 4) is 0 Å². The fourth-order valence-corrected chi connectivity index (χ4v) is 1.35. The molecule has 0 amide bonds. The van der Waals surface area contributed by atoms with Crippen LogP contribution in [0.3, 0.4) is 0 Å². The Morgan fingerprint density at radius 3 is 2.83 bits per heavy atom. The van der Waals surface area contributed by atoms with Crippen LogP contribution in [0.5, 0.6) is 0 Å². The molecule has 0 N–H and O–H groups in total. The third kappa shape index (κ3) is 0.848. The van der Waals surface area contributed by atoms with E-state index in [2.05, 4.69) is 17.6 Å². The van der Waals surface area contributed by atoms with Gasteiger partial charge in [-0.1, -0.05) is 18.7 Å². The van der Waals surface area contributed by atoms with Gasteiger partial charge in [0, 0.05) is 7.05 Å². The van der Waals surface area contributed by atoms with E-state index in [1.54, 1.807) is 6.08 Å². The maximum atomic E-state index is 4.38. The smallest absolute Gasteiger partial charge is 0.132 e. The Morgan fingerprint density at radius 1 is 1.42 bits per heavy atom. The molecule has 0 aliphatic rings. The van der Waals surface area contributed by atoms with Crippen LogP contribution in [0.15, 0.2) is 30.8 Å². The van der Waals surface area contributed by atoms with Crippen molar-refractivity contribution < 1.29 is 0 Å². The highest BCUT2D eigenvalue weighted by molar-refractivity contribution is 5.77. The third-order valence-corrected chi connectivity index (χ3v) is 2.00. The van der Waals surface area contributed by atoms with Crippen molar-refractivity contribution in [1.82, 2.24) is 9.55 Å². The molecule has 2 rings (SSSR count). The van der Waals surface area contributed by atoms with Gasteiger partial charge in [0.2, 0.25) is 0 Å². The Morgan fingerprint density at radius 2 is 2.17 bits per heavy atom. The number of aryl methyl sites for hydroxylation is 1. The fraction of sp³-hybridized carbons (Fsp3) is 0.100. The fourth-order valence-electron chi connectivity index (χ4n) is 1.35. The van der Waals surface area contributed by atoms with Crippen molar-refractivity contribution in [3.05, 3.63) is 36.7 Å². The lowest BCUT2D eigenvalue weighted by Crippen LogP contribution is -1.89. The number of fused-ring (bicyclic) bond motifs is 1. The molecule has 0 fully saturated rings. The Hall–Kier alpha value is -1.57. The molecule has 0 aliphatic heterocycles. The molecule has 2 aromatic rings. The normalized spacial score (nSPS) is 10.4. The second-order valence-corrected chi connectivity index (χ2v) is 2.72. The van der Waals surface area contributed by atoms with Crippen LogP contribution in [-0.2, 0) is 7.05 Å². The molecule has 0 unspecified atom stereocenters. The van der Waals surface area contributed by atoms with Crippen LogP contribution in [0.1, 0.15) is 5.82 Å². The molecule has 0 saturated heterocycles. The summed E-state index contributed by atoms with van der Waals surface area (Å²) in [5.74, 6) is 0.913. The minimum absolute atomic E-state index is 0.913. The van der Waals surface area contributed by atoms with Gasteiger partial charge in [0.05, 0.1) is 11.0 Å². The highest BCUT2D eigenvalue weighted by atomic mass is 15.0. The van der Waals surface area contributed by atoms with Gasteiger partial charge in [-0.05, 0) is 18.2 Å². The molecule has 1 aromatic heterocycles. The monoisotopic (exact) mass is 158 g/mol. The standard InChI is InChI=1S/C10H10N2/c1-3-10-11-8-6-4-5-7-9(8)12(10)2/h3-7H,1H2,2H3. The van der Waals surface area contributed by atoms with E-state index in [1.165, 1.54) is 0 Å². The topological polar surface area (TPSA) is 17.8 Å². The summed E-state index contributed by atoms with van der Waals surface area (Å²) in [7, 11) is 1.99. The van der Waals surface area contributed by atoms with E-state index in [-0.39, 0.29) is 0 Å². The summed E-state index contributed by atoms with van der Waals surface area (Å²) >= 11 is 0. The molecule has 0 atom stereocenters. The summed E-state index contributed by atoms with van der Waals surface area (Å²) in [5, 5.41) is 0. The SMILES string of the molecule is C=Cc1nc2ccccc2n1C. The first-order valence-corrected chi connectivity index (χ1v) is 3.87. The molecule has 0 spiro atoms. The van der Waals surface area contributed by atoms with Crippen molar-refractivity contribution >= 4 is 17.1 Å². The van der Waals surface area contributed by atoms with Crippen LogP contribution in [0, 0.1) is 0 Å². The zero-order valence-corrected chi connectivity index (χ0v) is 6.99. The number of imidazole rings is 1. The molecule has 0 radical (unpaired) electrons. The molecule has 12 heavy (non-hydrogen) atoms. The van der Waals surface area contributed by atoms with Gasteiger partial charge in [0.15, 0.2) is 0 Å². The van der Waals surface area contributed by atoms with Crippen LogP contribution in [-0.4, -0.2) is 9.55 Å². The number of para-hydroxylation sites is 2. The quantitative estimate of drug-likeness (QED) is 0.622. The lowest BCUT2D eigenvalue weighted by Gasteiger charge is -1.94.